The largest absolute Gasteiger partial charge is 0.491 e. The third kappa shape index (κ3) is 6.36. The van der Waals surface area contributed by atoms with Gasteiger partial charge in [0.2, 0.25) is 0 Å². The molecule has 0 bridgehead atoms. The number of esters is 1. The fourth-order valence-electron chi connectivity index (χ4n) is 4.95. The number of carbonyl (C=O) groups excluding carboxylic acids is 1. The molecule has 1 aromatic heterocycles. The van der Waals surface area contributed by atoms with Crippen molar-refractivity contribution in [2.24, 2.45) is 4.99 Å². The van der Waals surface area contributed by atoms with Crippen LogP contribution in [0.4, 0.5) is 0 Å². The van der Waals surface area contributed by atoms with Gasteiger partial charge in [0, 0.05) is 11.1 Å². The van der Waals surface area contributed by atoms with Crippen LogP contribution in [0.15, 0.2) is 70.1 Å². The normalized spacial score (nSPS) is 14.8. The van der Waals surface area contributed by atoms with E-state index in [0.29, 0.717) is 63.1 Å². The first-order valence-electron chi connectivity index (χ1n) is 14.2. The Bertz CT molecular complexity index is 1680. The molecule has 1 unspecified atom stereocenters. The molecule has 42 heavy (non-hydrogen) atoms. The van der Waals surface area contributed by atoms with Crippen LogP contribution in [-0.2, 0) is 16.0 Å². The van der Waals surface area contributed by atoms with Crippen LogP contribution in [0.2, 0.25) is 0 Å². The number of hydrogen-bond acceptors (Lipinski definition) is 8. The van der Waals surface area contributed by atoms with Crippen LogP contribution in [0.25, 0.3) is 6.08 Å². The summed E-state index contributed by atoms with van der Waals surface area (Å²) in [6.07, 6.45) is 4.10. The van der Waals surface area contributed by atoms with Gasteiger partial charge >= 0.3 is 5.97 Å². The molecule has 0 N–H and O–H groups in total. The Balaban J connectivity index is 1.97. The maximum atomic E-state index is 14.2. The lowest BCUT2D eigenvalue weighted by Gasteiger charge is -2.26. The molecule has 0 spiro atoms. The summed E-state index contributed by atoms with van der Waals surface area (Å²) in [5.41, 5.74) is 2.92. The number of allylic oxidation sites excluding steroid dienone is 2. The molecule has 2 heterocycles. The Hall–Kier alpha value is -4.11. The van der Waals surface area contributed by atoms with Crippen LogP contribution in [0, 0.1) is 0 Å². The maximum Gasteiger partial charge on any atom is 0.338 e. The molecule has 222 valence electrons. The van der Waals surface area contributed by atoms with Gasteiger partial charge in [-0.3, -0.25) is 9.36 Å². The second kappa shape index (κ2) is 13.7. The van der Waals surface area contributed by atoms with Crippen LogP contribution in [-0.4, -0.2) is 36.5 Å². The fourth-order valence-corrected chi connectivity index (χ4v) is 6.00. The summed E-state index contributed by atoms with van der Waals surface area (Å²) in [7, 11) is 0. The summed E-state index contributed by atoms with van der Waals surface area (Å²) in [5, 5.41) is 0. The third-order valence-electron chi connectivity index (χ3n) is 6.50. The number of para-hydroxylation sites is 1. The van der Waals surface area contributed by atoms with Gasteiger partial charge in [0.1, 0.15) is 11.8 Å². The molecule has 0 aliphatic carbocycles. The molecule has 9 heteroatoms. The topological polar surface area (TPSA) is 88.4 Å². The Kier molecular flexibility index (Phi) is 10.1. The van der Waals surface area contributed by atoms with Gasteiger partial charge in [-0.2, -0.15) is 0 Å². The zero-order valence-electron chi connectivity index (χ0n) is 25.1. The average molecular weight is 591 g/mol. The Labute approximate surface area is 250 Å². The van der Waals surface area contributed by atoms with E-state index >= 15 is 0 Å². The molecule has 0 fully saturated rings. The molecule has 4 rings (SSSR count). The number of benzene rings is 2. The van der Waals surface area contributed by atoms with Crippen molar-refractivity contribution in [2.45, 2.75) is 60.1 Å². The second-order valence-electron chi connectivity index (χ2n) is 9.87. The molecule has 0 saturated carbocycles. The van der Waals surface area contributed by atoms with Crippen LogP contribution in [0.1, 0.15) is 64.3 Å². The zero-order valence-corrected chi connectivity index (χ0v) is 25.9. The summed E-state index contributed by atoms with van der Waals surface area (Å²) in [4.78, 5) is 32.6. The fraction of sp³-hybridized carbons (Fsp3) is 0.364. The van der Waals surface area contributed by atoms with E-state index in [1.54, 1.807) is 18.4 Å². The summed E-state index contributed by atoms with van der Waals surface area (Å²) in [6, 6.07) is 10.5. The first-order chi connectivity index (χ1) is 20.2. The van der Waals surface area contributed by atoms with E-state index in [1.165, 1.54) is 11.3 Å². The minimum absolute atomic E-state index is 0.109. The molecule has 2 aromatic carbocycles. The number of nitrogens with zero attached hydrogens (tertiary/aromatic N) is 2. The van der Waals surface area contributed by atoms with Gasteiger partial charge in [-0.1, -0.05) is 35.6 Å². The predicted octanol–water partition coefficient (Wildman–Crippen LogP) is 5.11. The van der Waals surface area contributed by atoms with Crippen molar-refractivity contribution in [3.63, 3.8) is 0 Å². The lowest BCUT2D eigenvalue weighted by atomic mass is 9.95. The standard InChI is InChI=1S/C33H38N2O6S/c1-8-14-23-17-22(18-26(38-9-2)30(23)39-10-3)19-27-31(36)35-29(24-15-12-13-16-25(24)41-20(5)6)28(32(37)40-11-4)21(7)34-33(35)42-27/h8,12-13,15-20,29H,1,9-11,14H2,2-7H3/b27-19+. The second-order valence-corrected chi connectivity index (χ2v) is 10.9. The predicted molar refractivity (Wildman–Crippen MR) is 165 cm³/mol. The van der Waals surface area contributed by atoms with Crippen LogP contribution < -0.4 is 29.1 Å². The highest BCUT2D eigenvalue weighted by molar-refractivity contribution is 7.07. The molecule has 3 aromatic rings. The van der Waals surface area contributed by atoms with Gasteiger partial charge in [-0.05, 0) is 77.8 Å². The molecule has 1 aliphatic heterocycles. The molecule has 8 nitrogen and oxygen atoms in total. The molecular formula is C33H38N2O6S. The van der Waals surface area contributed by atoms with Crippen molar-refractivity contribution >= 4 is 23.4 Å². The smallest absolute Gasteiger partial charge is 0.338 e. The molecular weight excluding hydrogens is 552 g/mol. The molecule has 1 aliphatic rings. The number of fused-ring (bicyclic) bond motifs is 1. The zero-order chi connectivity index (χ0) is 30.4. The quantitative estimate of drug-likeness (QED) is 0.215. The van der Waals surface area contributed by atoms with Gasteiger partial charge in [0.25, 0.3) is 5.56 Å². The van der Waals surface area contributed by atoms with E-state index in [2.05, 4.69) is 6.58 Å². The third-order valence-corrected chi connectivity index (χ3v) is 7.48. The van der Waals surface area contributed by atoms with E-state index in [-0.39, 0.29) is 18.3 Å². The number of ether oxygens (including phenoxy) is 4. The SMILES string of the molecule is C=CCc1cc(/C=c2/sc3n(c2=O)C(c2ccccc2OC(C)C)C(C(=O)OCC)=C(C)N=3)cc(OCC)c1OCC. The molecule has 1 atom stereocenters. The summed E-state index contributed by atoms with van der Waals surface area (Å²) < 4.78 is 25.4. The summed E-state index contributed by atoms with van der Waals surface area (Å²) >= 11 is 1.27. The van der Waals surface area contributed by atoms with Crippen molar-refractivity contribution in [2.75, 3.05) is 19.8 Å². The van der Waals surface area contributed by atoms with Gasteiger partial charge in [-0.15, -0.1) is 6.58 Å². The lowest BCUT2D eigenvalue weighted by molar-refractivity contribution is -0.139. The van der Waals surface area contributed by atoms with E-state index < -0.39 is 12.0 Å². The van der Waals surface area contributed by atoms with Crippen molar-refractivity contribution in [1.29, 1.82) is 0 Å². The molecule has 0 radical (unpaired) electrons. The van der Waals surface area contributed by atoms with E-state index in [9.17, 15) is 9.59 Å². The summed E-state index contributed by atoms with van der Waals surface area (Å²) in [5.74, 6) is 1.36. The Morgan fingerprint density at radius 3 is 2.50 bits per heavy atom. The molecule has 0 amide bonds. The van der Waals surface area contributed by atoms with E-state index in [1.807, 2.05) is 76.2 Å². The number of carbonyl (C=O) groups is 1. The number of hydrogen-bond donors (Lipinski definition) is 0. The average Bonchev–Trinajstić information content (AvgIpc) is 3.24. The van der Waals surface area contributed by atoms with Gasteiger partial charge in [0.05, 0.1) is 41.7 Å². The maximum absolute atomic E-state index is 14.2. The van der Waals surface area contributed by atoms with Gasteiger partial charge in [0.15, 0.2) is 16.3 Å². The molecule has 0 saturated heterocycles. The van der Waals surface area contributed by atoms with E-state index in [4.69, 9.17) is 23.9 Å². The van der Waals surface area contributed by atoms with Crippen molar-refractivity contribution in [1.82, 2.24) is 4.57 Å². The first-order valence-corrected chi connectivity index (χ1v) is 15.0. The highest BCUT2D eigenvalue weighted by Gasteiger charge is 2.35. The Morgan fingerprint density at radius 1 is 1.10 bits per heavy atom. The highest BCUT2D eigenvalue weighted by Crippen LogP contribution is 2.37. The van der Waals surface area contributed by atoms with Crippen molar-refractivity contribution in [3.8, 4) is 17.2 Å². The highest BCUT2D eigenvalue weighted by atomic mass is 32.1. The number of aromatic nitrogens is 1. The Morgan fingerprint density at radius 2 is 1.83 bits per heavy atom. The minimum atomic E-state index is -0.770. The lowest BCUT2D eigenvalue weighted by Crippen LogP contribution is -2.40. The number of thiazole rings is 1. The van der Waals surface area contributed by atoms with Crippen molar-refractivity contribution < 1.29 is 23.7 Å². The van der Waals surface area contributed by atoms with Crippen LogP contribution >= 0.6 is 11.3 Å². The van der Waals surface area contributed by atoms with Crippen molar-refractivity contribution in [3.05, 3.63) is 96.7 Å². The first kappa shape index (κ1) is 30.8. The van der Waals surface area contributed by atoms with Crippen LogP contribution in [0.3, 0.4) is 0 Å². The number of rotatable bonds is 12. The van der Waals surface area contributed by atoms with E-state index in [0.717, 1.165) is 11.1 Å². The monoisotopic (exact) mass is 590 g/mol. The van der Waals surface area contributed by atoms with Gasteiger partial charge < -0.3 is 18.9 Å². The van der Waals surface area contributed by atoms with Gasteiger partial charge in [-0.25, -0.2) is 9.79 Å². The minimum Gasteiger partial charge on any atom is -0.491 e. The van der Waals surface area contributed by atoms with Crippen LogP contribution in [0.5, 0.6) is 17.2 Å². The summed E-state index contributed by atoms with van der Waals surface area (Å²) in [6.45, 7) is 16.3.